The molecule has 0 bridgehead atoms. The fourth-order valence-electron chi connectivity index (χ4n) is 2.74. The summed E-state index contributed by atoms with van der Waals surface area (Å²) in [7, 11) is 3.20. The highest BCUT2D eigenvalue weighted by molar-refractivity contribution is 5.90. The number of amides is 1. The molecule has 1 heterocycles. The standard InChI is InChI=1S/C20H22N4O3/c1-14-22-19(23-24(14)16-7-5-4-6-8-16)20(25)21-12-11-15-9-10-17(26-2)18(13-15)27-3/h4-10,13H,11-12H2,1-3H3,(H,21,25). The Kier molecular flexibility index (Phi) is 5.71. The second-order valence-corrected chi connectivity index (χ2v) is 5.93. The Balaban J connectivity index is 1.62. The molecule has 0 aliphatic heterocycles. The molecule has 1 amide bonds. The second kappa shape index (κ2) is 8.35. The van der Waals surface area contributed by atoms with Crippen LogP contribution in [0.25, 0.3) is 5.69 Å². The van der Waals surface area contributed by atoms with Crippen molar-refractivity contribution in [3.8, 4) is 17.2 Å². The van der Waals surface area contributed by atoms with Gasteiger partial charge in [-0.25, -0.2) is 9.67 Å². The maximum atomic E-state index is 12.4. The van der Waals surface area contributed by atoms with Crippen LogP contribution >= 0.6 is 0 Å². The molecular formula is C20H22N4O3. The molecule has 0 aliphatic rings. The van der Waals surface area contributed by atoms with Crippen molar-refractivity contribution in [2.24, 2.45) is 0 Å². The molecule has 3 aromatic rings. The molecule has 1 N–H and O–H groups in total. The van der Waals surface area contributed by atoms with E-state index in [0.717, 1.165) is 11.3 Å². The summed E-state index contributed by atoms with van der Waals surface area (Å²) in [5.41, 5.74) is 1.90. The Hall–Kier alpha value is -3.35. The Morgan fingerprint density at radius 1 is 1.07 bits per heavy atom. The van der Waals surface area contributed by atoms with E-state index >= 15 is 0 Å². The summed E-state index contributed by atoms with van der Waals surface area (Å²) in [6.07, 6.45) is 0.657. The second-order valence-electron chi connectivity index (χ2n) is 5.93. The number of hydrogen-bond donors (Lipinski definition) is 1. The number of rotatable bonds is 7. The van der Waals surface area contributed by atoms with E-state index in [1.54, 1.807) is 18.9 Å². The van der Waals surface area contributed by atoms with Gasteiger partial charge in [0.15, 0.2) is 11.5 Å². The maximum absolute atomic E-state index is 12.4. The third kappa shape index (κ3) is 4.25. The summed E-state index contributed by atoms with van der Waals surface area (Å²) >= 11 is 0. The van der Waals surface area contributed by atoms with Crippen molar-refractivity contribution in [1.29, 1.82) is 0 Å². The first-order chi connectivity index (χ1) is 13.1. The first-order valence-corrected chi connectivity index (χ1v) is 8.60. The Morgan fingerprint density at radius 2 is 1.81 bits per heavy atom. The quantitative estimate of drug-likeness (QED) is 0.695. The number of benzene rings is 2. The van der Waals surface area contributed by atoms with Crippen LogP contribution in [0, 0.1) is 6.92 Å². The number of aromatic nitrogens is 3. The number of aryl methyl sites for hydroxylation is 1. The average molecular weight is 366 g/mol. The number of carbonyl (C=O) groups is 1. The lowest BCUT2D eigenvalue weighted by Gasteiger charge is -2.09. The number of nitrogens with one attached hydrogen (secondary N) is 1. The van der Waals surface area contributed by atoms with Crippen LogP contribution in [0.5, 0.6) is 11.5 Å². The SMILES string of the molecule is COc1ccc(CCNC(=O)c2nc(C)n(-c3ccccc3)n2)cc1OC. The number of para-hydroxylation sites is 1. The molecule has 1 aromatic heterocycles. The van der Waals surface area contributed by atoms with Crippen LogP contribution < -0.4 is 14.8 Å². The normalized spacial score (nSPS) is 10.5. The summed E-state index contributed by atoms with van der Waals surface area (Å²) in [6.45, 7) is 2.29. The molecule has 0 saturated heterocycles. The smallest absolute Gasteiger partial charge is 0.290 e. The van der Waals surface area contributed by atoms with E-state index in [0.29, 0.717) is 30.3 Å². The predicted octanol–water partition coefficient (Wildman–Crippen LogP) is 2.57. The van der Waals surface area contributed by atoms with Gasteiger partial charge < -0.3 is 14.8 Å². The van der Waals surface area contributed by atoms with Gasteiger partial charge in [-0.2, -0.15) is 0 Å². The van der Waals surface area contributed by atoms with Crippen LogP contribution in [-0.2, 0) is 6.42 Å². The van der Waals surface area contributed by atoms with Gasteiger partial charge in [-0.3, -0.25) is 4.79 Å². The first kappa shape index (κ1) is 18.4. The predicted molar refractivity (Wildman–Crippen MR) is 102 cm³/mol. The van der Waals surface area contributed by atoms with E-state index < -0.39 is 0 Å². The Morgan fingerprint density at radius 3 is 2.52 bits per heavy atom. The number of carbonyl (C=O) groups excluding carboxylic acids is 1. The van der Waals surface area contributed by atoms with E-state index in [9.17, 15) is 4.79 Å². The highest BCUT2D eigenvalue weighted by Crippen LogP contribution is 2.27. The molecule has 0 spiro atoms. The molecule has 0 atom stereocenters. The topological polar surface area (TPSA) is 78.3 Å². The molecule has 3 rings (SSSR count). The van der Waals surface area contributed by atoms with Gasteiger partial charge in [0.25, 0.3) is 5.91 Å². The lowest BCUT2D eigenvalue weighted by Crippen LogP contribution is -2.27. The monoisotopic (exact) mass is 366 g/mol. The highest BCUT2D eigenvalue weighted by Gasteiger charge is 2.15. The van der Waals surface area contributed by atoms with Crippen molar-refractivity contribution < 1.29 is 14.3 Å². The van der Waals surface area contributed by atoms with Crippen LogP contribution in [0.2, 0.25) is 0 Å². The third-order valence-electron chi connectivity index (χ3n) is 4.12. The van der Waals surface area contributed by atoms with Crippen LogP contribution in [0.3, 0.4) is 0 Å². The van der Waals surface area contributed by atoms with Crippen molar-refractivity contribution in [1.82, 2.24) is 20.1 Å². The Bertz CT molecular complexity index is 922. The summed E-state index contributed by atoms with van der Waals surface area (Å²) in [4.78, 5) is 16.6. The van der Waals surface area contributed by atoms with Gasteiger partial charge in [-0.1, -0.05) is 24.3 Å². The zero-order chi connectivity index (χ0) is 19.2. The molecule has 140 valence electrons. The number of hydrogen-bond acceptors (Lipinski definition) is 5. The molecule has 0 fully saturated rings. The van der Waals surface area contributed by atoms with Gasteiger partial charge in [0.05, 0.1) is 19.9 Å². The third-order valence-corrected chi connectivity index (χ3v) is 4.12. The molecule has 0 aliphatic carbocycles. The van der Waals surface area contributed by atoms with E-state index in [2.05, 4.69) is 15.4 Å². The molecule has 2 aromatic carbocycles. The van der Waals surface area contributed by atoms with Crippen molar-refractivity contribution >= 4 is 5.91 Å². The first-order valence-electron chi connectivity index (χ1n) is 8.60. The summed E-state index contributed by atoms with van der Waals surface area (Å²) in [6, 6.07) is 15.3. The Labute approximate surface area is 158 Å². The maximum Gasteiger partial charge on any atom is 0.290 e. The zero-order valence-corrected chi connectivity index (χ0v) is 15.6. The van der Waals surface area contributed by atoms with Crippen molar-refractivity contribution in [2.45, 2.75) is 13.3 Å². The minimum Gasteiger partial charge on any atom is -0.493 e. The fraction of sp³-hybridized carbons (Fsp3) is 0.250. The number of ether oxygens (including phenoxy) is 2. The van der Waals surface area contributed by atoms with Gasteiger partial charge in [-0.15, -0.1) is 5.10 Å². The van der Waals surface area contributed by atoms with E-state index in [1.807, 2.05) is 55.5 Å². The molecule has 0 radical (unpaired) electrons. The van der Waals surface area contributed by atoms with E-state index in [-0.39, 0.29) is 11.7 Å². The summed E-state index contributed by atoms with van der Waals surface area (Å²) < 4.78 is 12.2. The van der Waals surface area contributed by atoms with Crippen molar-refractivity contribution in [3.05, 3.63) is 65.7 Å². The van der Waals surface area contributed by atoms with Gasteiger partial charge in [-0.05, 0) is 43.2 Å². The molecule has 0 saturated carbocycles. The summed E-state index contributed by atoms with van der Waals surface area (Å²) in [5, 5.41) is 7.17. The van der Waals surface area contributed by atoms with E-state index in [1.165, 1.54) is 0 Å². The molecular weight excluding hydrogens is 344 g/mol. The number of nitrogens with zero attached hydrogens (tertiary/aromatic N) is 3. The molecule has 0 unspecified atom stereocenters. The van der Waals surface area contributed by atoms with Crippen LogP contribution in [0.15, 0.2) is 48.5 Å². The molecule has 27 heavy (non-hydrogen) atoms. The van der Waals surface area contributed by atoms with Gasteiger partial charge in [0.2, 0.25) is 5.82 Å². The van der Waals surface area contributed by atoms with Crippen molar-refractivity contribution in [3.63, 3.8) is 0 Å². The average Bonchev–Trinajstić information content (AvgIpc) is 3.10. The van der Waals surface area contributed by atoms with Crippen LogP contribution in [0.1, 0.15) is 22.0 Å². The van der Waals surface area contributed by atoms with Gasteiger partial charge >= 0.3 is 0 Å². The van der Waals surface area contributed by atoms with Crippen molar-refractivity contribution in [2.75, 3.05) is 20.8 Å². The fourth-order valence-corrected chi connectivity index (χ4v) is 2.74. The lowest BCUT2D eigenvalue weighted by atomic mass is 10.1. The van der Waals surface area contributed by atoms with Gasteiger partial charge in [0.1, 0.15) is 5.82 Å². The highest BCUT2D eigenvalue weighted by atomic mass is 16.5. The van der Waals surface area contributed by atoms with Gasteiger partial charge in [0, 0.05) is 6.54 Å². The molecule has 7 nitrogen and oxygen atoms in total. The zero-order valence-electron chi connectivity index (χ0n) is 15.6. The minimum atomic E-state index is -0.298. The van der Waals surface area contributed by atoms with Crippen LogP contribution in [0.4, 0.5) is 0 Å². The molecule has 7 heteroatoms. The van der Waals surface area contributed by atoms with E-state index in [4.69, 9.17) is 9.47 Å². The minimum absolute atomic E-state index is 0.156. The largest absolute Gasteiger partial charge is 0.493 e. The lowest BCUT2D eigenvalue weighted by molar-refractivity contribution is 0.0944. The van der Waals surface area contributed by atoms with Crippen LogP contribution in [-0.4, -0.2) is 41.4 Å². The number of methoxy groups -OCH3 is 2. The summed E-state index contributed by atoms with van der Waals surface area (Å²) in [5.74, 6) is 1.86.